The molecule has 0 aliphatic carbocycles. The number of nitrogens with one attached hydrogen (secondary N) is 1. The zero-order valence-electron chi connectivity index (χ0n) is 13.2. The van der Waals surface area contributed by atoms with Gasteiger partial charge in [-0.2, -0.15) is 0 Å². The summed E-state index contributed by atoms with van der Waals surface area (Å²) in [6, 6.07) is 0. The smallest absolute Gasteiger partial charge is 0.309 e. The van der Waals surface area contributed by atoms with Crippen molar-refractivity contribution in [1.82, 2.24) is 10.2 Å². The molecule has 2 aliphatic heterocycles. The second kappa shape index (κ2) is 6.77. The summed E-state index contributed by atoms with van der Waals surface area (Å²) in [5.74, 6) is 0.000255. The van der Waals surface area contributed by atoms with Gasteiger partial charge >= 0.3 is 5.97 Å². The standard InChI is InChI=1S/C16H28N2O3/c1-16(2,15(20)21)13-4-3-9-18(11-13)14(19)10-12-5-7-17-8-6-12/h12-13,17H,3-11H2,1-2H3,(H,20,21). The first-order valence-electron chi connectivity index (χ1n) is 8.13. The minimum atomic E-state index is -0.764. The molecule has 0 saturated carbocycles. The second-order valence-corrected chi connectivity index (χ2v) is 7.10. The van der Waals surface area contributed by atoms with Crippen LogP contribution in [0.4, 0.5) is 0 Å². The minimum absolute atomic E-state index is 0.0562. The van der Waals surface area contributed by atoms with Crippen molar-refractivity contribution in [2.24, 2.45) is 17.3 Å². The Morgan fingerprint density at radius 2 is 1.90 bits per heavy atom. The molecule has 2 rings (SSSR count). The molecule has 5 heteroatoms. The number of hydrogen-bond acceptors (Lipinski definition) is 3. The molecule has 0 radical (unpaired) electrons. The van der Waals surface area contributed by atoms with E-state index in [0.29, 0.717) is 18.9 Å². The summed E-state index contributed by atoms with van der Waals surface area (Å²) >= 11 is 0. The van der Waals surface area contributed by atoms with Crippen molar-refractivity contribution < 1.29 is 14.7 Å². The normalized spacial score (nSPS) is 24.9. The average molecular weight is 296 g/mol. The fraction of sp³-hybridized carbons (Fsp3) is 0.875. The number of rotatable bonds is 4. The number of likely N-dealkylation sites (tertiary alicyclic amines) is 1. The summed E-state index contributed by atoms with van der Waals surface area (Å²) in [5, 5.41) is 12.7. The number of carboxylic acids is 1. The van der Waals surface area contributed by atoms with Crippen molar-refractivity contribution in [3.05, 3.63) is 0 Å². The van der Waals surface area contributed by atoms with Gasteiger partial charge in [-0.15, -0.1) is 0 Å². The van der Waals surface area contributed by atoms with Crippen molar-refractivity contribution in [2.75, 3.05) is 26.2 Å². The minimum Gasteiger partial charge on any atom is -0.481 e. The molecule has 0 aromatic carbocycles. The van der Waals surface area contributed by atoms with Gasteiger partial charge in [-0.1, -0.05) is 0 Å². The predicted octanol–water partition coefficient (Wildman–Crippen LogP) is 1.73. The van der Waals surface area contributed by atoms with Crippen molar-refractivity contribution in [2.45, 2.75) is 46.0 Å². The highest BCUT2D eigenvalue weighted by molar-refractivity contribution is 5.77. The van der Waals surface area contributed by atoms with E-state index in [-0.39, 0.29) is 11.8 Å². The molecule has 1 unspecified atom stereocenters. The fourth-order valence-corrected chi connectivity index (χ4v) is 3.43. The van der Waals surface area contributed by atoms with Crippen LogP contribution in [0, 0.1) is 17.3 Å². The van der Waals surface area contributed by atoms with Crippen LogP contribution < -0.4 is 5.32 Å². The summed E-state index contributed by atoms with van der Waals surface area (Å²) in [7, 11) is 0. The molecule has 1 amide bonds. The highest BCUT2D eigenvalue weighted by Crippen LogP contribution is 2.34. The van der Waals surface area contributed by atoms with Crippen molar-refractivity contribution in [3.63, 3.8) is 0 Å². The van der Waals surface area contributed by atoms with E-state index in [1.54, 1.807) is 13.8 Å². The second-order valence-electron chi connectivity index (χ2n) is 7.10. The number of amides is 1. The molecule has 2 heterocycles. The summed E-state index contributed by atoms with van der Waals surface area (Å²) in [5.41, 5.74) is -0.756. The molecule has 0 bridgehead atoms. The quantitative estimate of drug-likeness (QED) is 0.829. The lowest BCUT2D eigenvalue weighted by Crippen LogP contribution is -2.47. The Balaban J connectivity index is 1.90. The van der Waals surface area contributed by atoms with E-state index in [0.717, 1.165) is 45.3 Å². The maximum atomic E-state index is 12.5. The molecule has 2 aliphatic rings. The summed E-state index contributed by atoms with van der Waals surface area (Å²) in [6.45, 7) is 6.96. The van der Waals surface area contributed by atoms with Gasteiger partial charge in [0.05, 0.1) is 5.41 Å². The van der Waals surface area contributed by atoms with Crippen molar-refractivity contribution in [3.8, 4) is 0 Å². The maximum Gasteiger partial charge on any atom is 0.309 e. The number of carbonyl (C=O) groups is 2. The third-order valence-corrected chi connectivity index (χ3v) is 5.27. The molecular formula is C16H28N2O3. The van der Waals surface area contributed by atoms with Gasteiger partial charge < -0.3 is 15.3 Å². The van der Waals surface area contributed by atoms with Crippen LogP contribution in [-0.4, -0.2) is 48.1 Å². The zero-order chi connectivity index (χ0) is 15.5. The molecule has 2 N–H and O–H groups in total. The number of aliphatic carboxylic acids is 1. The Kier molecular flexibility index (Phi) is 5.25. The van der Waals surface area contributed by atoms with E-state index in [1.165, 1.54) is 0 Å². The Hall–Kier alpha value is -1.10. The monoisotopic (exact) mass is 296 g/mol. The molecule has 0 aromatic rings. The van der Waals surface area contributed by atoms with Crippen LogP contribution in [0.2, 0.25) is 0 Å². The highest BCUT2D eigenvalue weighted by atomic mass is 16.4. The number of piperidine rings is 2. The van der Waals surface area contributed by atoms with Gasteiger partial charge in [-0.25, -0.2) is 0 Å². The maximum absolute atomic E-state index is 12.5. The molecule has 2 fully saturated rings. The van der Waals surface area contributed by atoms with Crippen LogP contribution in [0.15, 0.2) is 0 Å². The van der Waals surface area contributed by atoms with Gasteiger partial charge in [-0.05, 0) is 64.5 Å². The molecule has 2 saturated heterocycles. The molecule has 120 valence electrons. The van der Waals surface area contributed by atoms with Gasteiger partial charge in [0.1, 0.15) is 0 Å². The Bertz CT molecular complexity index is 389. The number of nitrogens with zero attached hydrogens (tertiary/aromatic N) is 1. The van der Waals surface area contributed by atoms with Gasteiger partial charge in [-0.3, -0.25) is 9.59 Å². The first-order chi connectivity index (χ1) is 9.91. The molecule has 5 nitrogen and oxygen atoms in total. The third-order valence-electron chi connectivity index (χ3n) is 5.27. The van der Waals surface area contributed by atoms with Crippen LogP contribution in [0.25, 0.3) is 0 Å². The van der Waals surface area contributed by atoms with Crippen molar-refractivity contribution >= 4 is 11.9 Å². The Morgan fingerprint density at radius 3 is 2.52 bits per heavy atom. The van der Waals surface area contributed by atoms with Crippen LogP contribution >= 0.6 is 0 Å². The molecule has 0 spiro atoms. The molecule has 1 atom stereocenters. The number of carbonyl (C=O) groups excluding carboxylic acids is 1. The van der Waals surface area contributed by atoms with E-state index < -0.39 is 11.4 Å². The van der Waals surface area contributed by atoms with Gasteiger partial charge in [0.2, 0.25) is 5.91 Å². The summed E-state index contributed by atoms with van der Waals surface area (Å²) in [4.78, 5) is 25.8. The number of carboxylic acid groups (broad SMARTS) is 1. The fourth-order valence-electron chi connectivity index (χ4n) is 3.43. The topological polar surface area (TPSA) is 69.6 Å². The lowest BCUT2D eigenvalue weighted by atomic mass is 9.74. The molecule has 21 heavy (non-hydrogen) atoms. The third kappa shape index (κ3) is 3.96. The van der Waals surface area contributed by atoms with Gasteiger partial charge in [0.25, 0.3) is 0 Å². The predicted molar refractivity (Wildman–Crippen MR) is 80.9 cm³/mol. The number of hydrogen-bond donors (Lipinski definition) is 2. The Labute approximate surface area is 127 Å². The zero-order valence-corrected chi connectivity index (χ0v) is 13.2. The van der Waals surface area contributed by atoms with Gasteiger partial charge in [0, 0.05) is 19.5 Å². The van der Waals surface area contributed by atoms with Gasteiger partial charge in [0.15, 0.2) is 0 Å². The Morgan fingerprint density at radius 1 is 1.24 bits per heavy atom. The summed E-state index contributed by atoms with van der Waals surface area (Å²) in [6.07, 6.45) is 4.59. The van der Waals surface area contributed by atoms with E-state index in [1.807, 2.05) is 4.90 Å². The first-order valence-corrected chi connectivity index (χ1v) is 8.13. The van der Waals surface area contributed by atoms with Crippen molar-refractivity contribution in [1.29, 1.82) is 0 Å². The molecular weight excluding hydrogens is 268 g/mol. The lowest BCUT2D eigenvalue weighted by Gasteiger charge is -2.39. The largest absolute Gasteiger partial charge is 0.481 e. The van der Waals surface area contributed by atoms with E-state index in [9.17, 15) is 14.7 Å². The van der Waals surface area contributed by atoms with Crippen LogP contribution in [0.5, 0.6) is 0 Å². The first kappa shape index (κ1) is 16.3. The van der Waals surface area contributed by atoms with Crippen LogP contribution in [-0.2, 0) is 9.59 Å². The summed E-state index contributed by atoms with van der Waals surface area (Å²) < 4.78 is 0. The van der Waals surface area contributed by atoms with E-state index >= 15 is 0 Å². The van der Waals surface area contributed by atoms with E-state index in [4.69, 9.17) is 0 Å². The van der Waals surface area contributed by atoms with E-state index in [2.05, 4.69) is 5.32 Å². The molecule has 0 aromatic heterocycles. The van der Waals surface area contributed by atoms with Crippen LogP contribution in [0.1, 0.15) is 46.0 Å². The van der Waals surface area contributed by atoms with Crippen LogP contribution in [0.3, 0.4) is 0 Å². The lowest BCUT2D eigenvalue weighted by molar-refractivity contribution is -0.153. The SMILES string of the molecule is CC(C)(C(=O)O)C1CCCN(C(=O)CC2CCNCC2)C1. The highest BCUT2D eigenvalue weighted by Gasteiger charge is 2.40. The average Bonchev–Trinajstić information content (AvgIpc) is 2.48.